The van der Waals surface area contributed by atoms with E-state index in [4.69, 9.17) is 11.6 Å². The van der Waals surface area contributed by atoms with Crippen molar-refractivity contribution in [2.45, 2.75) is 19.8 Å². The van der Waals surface area contributed by atoms with E-state index >= 15 is 0 Å². The van der Waals surface area contributed by atoms with Crippen molar-refractivity contribution in [2.75, 3.05) is 17.1 Å². The summed E-state index contributed by atoms with van der Waals surface area (Å²) >= 11 is 5.87. The predicted octanol–water partition coefficient (Wildman–Crippen LogP) is 3.52. The second kappa shape index (κ2) is 9.16. The van der Waals surface area contributed by atoms with Crippen molar-refractivity contribution in [1.82, 2.24) is 5.43 Å². The van der Waals surface area contributed by atoms with Gasteiger partial charge >= 0.3 is 0 Å². The highest BCUT2D eigenvalue weighted by molar-refractivity contribution is 7.92. The first-order valence-corrected chi connectivity index (χ1v) is 10.7. The van der Waals surface area contributed by atoms with E-state index in [9.17, 15) is 17.6 Å². The zero-order valence-electron chi connectivity index (χ0n) is 15.7. The minimum absolute atomic E-state index is 0.0220. The normalized spacial score (nSPS) is 11.8. The first-order chi connectivity index (χ1) is 13.1. The highest BCUT2D eigenvalue weighted by Crippen LogP contribution is 2.22. The van der Waals surface area contributed by atoms with Crippen LogP contribution < -0.4 is 9.73 Å². The van der Waals surface area contributed by atoms with Gasteiger partial charge in [0.05, 0.1) is 23.2 Å². The number of nitrogens with zero attached hydrogens (tertiary/aromatic N) is 2. The summed E-state index contributed by atoms with van der Waals surface area (Å²) in [5, 5.41) is 3.80. The maximum Gasteiger partial charge on any atom is 0.260 e. The van der Waals surface area contributed by atoms with Crippen LogP contribution >= 0.6 is 11.6 Å². The van der Waals surface area contributed by atoms with Gasteiger partial charge in [-0.3, -0.25) is 9.10 Å². The number of carbonyl (C=O) groups excluding carboxylic acids is 1. The van der Waals surface area contributed by atoms with Crippen LogP contribution in [0.3, 0.4) is 0 Å². The van der Waals surface area contributed by atoms with E-state index < -0.39 is 28.3 Å². The molecule has 2 rings (SSSR count). The first-order valence-electron chi connectivity index (χ1n) is 8.43. The summed E-state index contributed by atoms with van der Waals surface area (Å²) in [5.41, 5.74) is 3.62. The van der Waals surface area contributed by atoms with E-state index in [-0.39, 0.29) is 10.6 Å². The molecule has 0 spiro atoms. The summed E-state index contributed by atoms with van der Waals surface area (Å²) in [4.78, 5) is 12.2. The lowest BCUT2D eigenvalue weighted by Gasteiger charge is -2.21. The SMILES string of the molecule is CC(C)c1ccc(N(CC(=O)N/N=C\c2c(F)cccc2Cl)S(C)(=O)=O)cc1. The summed E-state index contributed by atoms with van der Waals surface area (Å²) in [6.45, 7) is 3.58. The van der Waals surface area contributed by atoms with Crippen molar-refractivity contribution in [3.05, 3.63) is 64.4 Å². The number of amides is 1. The molecule has 6 nitrogen and oxygen atoms in total. The zero-order chi connectivity index (χ0) is 20.9. The van der Waals surface area contributed by atoms with Crippen molar-refractivity contribution >= 4 is 39.4 Å². The summed E-state index contributed by atoms with van der Waals surface area (Å²) in [5.74, 6) is -0.973. The molecule has 0 unspecified atom stereocenters. The number of halogens is 2. The van der Waals surface area contributed by atoms with E-state index in [0.29, 0.717) is 11.6 Å². The molecule has 0 aliphatic carbocycles. The standard InChI is InChI=1S/C19H21ClFN3O3S/c1-13(2)14-7-9-15(10-8-14)24(28(3,26)27)12-19(25)23-22-11-16-17(20)5-4-6-18(16)21/h4-11,13H,12H2,1-3H3,(H,23,25)/b22-11-. The monoisotopic (exact) mass is 425 g/mol. The highest BCUT2D eigenvalue weighted by atomic mass is 35.5. The average molecular weight is 426 g/mol. The molecule has 0 saturated carbocycles. The predicted molar refractivity (Wildman–Crippen MR) is 110 cm³/mol. The van der Waals surface area contributed by atoms with Crippen molar-refractivity contribution in [2.24, 2.45) is 5.10 Å². The van der Waals surface area contributed by atoms with Gasteiger partial charge < -0.3 is 0 Å². The molecule has 2 aromatic carbocycles. The number of rotatable bonds is 7. The Bertz CT molecular complexity index is 956. The van der Waals surface area contributed by atoms with Crippen LogP contribution in [0.4, 0.5) is 10.1 Å². The molecular formula is C19H21ClFN3O3S. The topological polar surface area (TPSA) is 78.8 Å². The molecule has 0 radical (unpaired) electrons. The summed E-state index contributed by atoms with van der Waals surface area (Å²) in [7, 11) is -3.70. The number of hydrogen-bond acceptors (Lipinski definition) is 4. The maximum absolute atomic E-state index is 13.7. The van der Waals surface area contributed by atoms with E-state index in [1.807, 2.05) is 26.0 Å². The molecule has 0 aromatic heterocycles. The van der Waals surface area contributed by atoms with E-state index in [2.05, 4.69) is 10.5 Å². The van der Waals surface area contributed by atoms with Gasteiger partial charge in [-0.2, -0.15) is 5.10 Å². The third-order valence-electron chi connectivity index (χ3n) is 3.92. The molecule has 1 amide bonds. The van der Waals surface area contributed by atoms with E-state index in [1.54, 1.807) is 12.1 Å². The van der Waals surface area contributed by atoms with Gasteiger partial charge in [-0.15, -0.1) is 0 Å². The van der Waals surface area contributed by atoms with Gasteiger partial charge in [0.15, 0.2) is 0 Å². The van der Waals surface area contributed by atoms with Gasteiger partial charge in [-0.25, -0.2) is 18.2 Å². The Morgan fingerprint density at radius 2 is 1.89 bits per heavy atom. The molecule has 0 aliphatic rings. The third kappa shape index (κ3) is 5.77. The Kier molecular flexibility index (Phi) is 7.15. The number of anilines is 1. The number of carbonyl (C=O) groups is 1. The maximum atomic E-state index is 13.7. The Balaban J connectivity index is 2.12. The van der Waals surface area contributed by atoms with Gasteiger partial charge in [0.2, 0.25) is 10.0 Å². The summed E-state index contributed by atoms with van der Waals surface area (Å²) < 4.78 is 38.9. The van der Waals surface area contributed by atoms with E-state index in [1.165, 1.54) is 18.2 Å². The molecule has 0 bridgehead atoms. The fourth-order valence-electron chi connectivity index (χ4n) is 2.39. The highest BCUT2D eigenvalue weighted by Gasteiger charge is 2.20. The van der Waals surface area contributed by atoms with Crippen molar-refractivity contribution < 1.29 is 17.6 Å². The van der Waals surface area contributed by atoms with Crippen LogP contribution in [0.15, 0.2) is 47.6 Å². The zero-order valence-corrected chi connectivity index (χ0v) is 17.3. The molecular weight excluding hydrogens is 405 g/mol. The Morgan fingerprint density at radius 3 is 2.43 bits per heavy atom. The Hall–Kier alpha value is -2.45. The van der Waals surface area contributed by atoms with Crippen LogP contribution in [0, 0.1) is 5.82 Å². The lowest BCUT2D eigenvalue weighted by molar-refractivity contribution is -0.119. The molecule has 28 heavy (non-hydrogen) atoms. The first kappa shape index (κ1) is 21.8. The minimum Gasteiger partial charge on any atom is -0.271 e. The number of hydrazone groups is 1. The molecule has 9 heteroatoms. The molecule has 0 heterocycles. The van der Waals surface area contributed by atoms with Crippen LogP contribution in [-0.2, 0) is 14.8 Å². The number of sulfonamides is 1. The van der Waals surface area contributed by atoms with Gasteiger partial charge in [-0.1, -0.05) is 43.6 Å². The third-order valence-corrected chi connectivity index (χ3v) is 5.39. The van der Waals surface area contributed by atoms with Crippen LogP contribution in [0.25, 0.3) is 0 Å². The van der Waals surface area contributed by atoms with Crippen LogP contribution in [0.5, 0.6) is 0 Å². The van der Waals surface area contributed by atoms with Gasteiger partial charge in [0.1, 0.15) is 12.4 Å². The van der Waals surface area contributed by atoms with Gasteiger partial charge in [0.25, 0.3) is 5.91 Å². The van der Waals surface area contributed by atoms with Gasteiger partial charge in [-0.05, 0) is 35.7 Å². The summed E-state index contributed by atoms with van der Waals surface area (Å²) in [6, 6.07) is 11.1. The summed E-state index contributed by atoms with van der Waals surface area (Å²) in [6.07, 6.45) is 2.08. The van der Waals surface area contributed by atoms with Crippen molar-refractivity contribution in [3.8, 4) is 0 Å². The molecule has 1 N–H and O–H groups in total. The molecule has 2 aromatic rings. The Morgan fingerprint density at radius 1 is 1.25 bits per heavy atom. The second-order valence-electron chi connectivity index (χ2n) is 6.44. The average Bonchev–Trinajstić information content (AvgIpc) is 2.61. The molecule has 0 aliphatic heterocycles. The van der Waals surface area contributed by atoms with Crippen molar-refractivity contribution in [3.63, 3.8) is 0 Å². The van der Waals surface area contributed by atoms with E-state index in [0.717, 1.165) is 22.3 Å². The Labute approximate surface area is 169 Å². The lowest BCUT2D eigenvalue weighted by Crippen LogP contribution is -2.39. The lowest BCUT2D eigenvalue weighted by atomic mass is 10.0. The molecule has 0 fully saturated rings. The molecule has 150 valence electrons. The number of benzene rings is 2. The van der Waals surface area contributed by atoms with Crippen molar-refractivity contribution in [1.29, 1.82) is 0 Å². The molecule has 0 saturated heterocycles. The number of nitrogens with one attached hydrogen (secondary N) is 1. The smallest absolute Gasteiger partial charge is 0.260 e. The fraction of sp³-hybridized carbons (Fsp3) is 0.263. The molecule has 0 atom stereocenters. The largest absolute Gasteiger partial charge is 0.271 e. The number of hydrogen-bond donors (Lipinski definition) is 1. The van der Waals surface area contributed by atoms with Crippen LogP contribution in [-0.4, -0.2) is 33.3 Å². The van der Waals surface area contributed by atoms with Crippen LogP contribution in [0.1, 0.15) is 30.9 Å². The second-order valence-corrected chi connectivity index (χ2v) is 8.76. The fourth-order valence-corrected chi connectivity index (χ4v) is 3.46. The van der Waals surface area contributed by atoms with Crippen LogP contribution in [0.2, 0.25) is 5.02 Å². The quantitative estimate of drug-likeness (QED) is 0.544. The minimum atomic E-state index is -3.70. The van der Waals surface area contributed by atoms with Gasteiger partial charge in [0, 0.05) is 5.56 Å².